The van der Waals surface area contributed by atoms with Gasteiger partial charge < -0.3 is 5.32 Å². The lowest BCUT2D eigenvalue weighted by atomic mass is 10.0. The van der Waals surface area contributed by atoms with Crippen molar-refractivity contribution < 1.29 is 9.59 Å². The Kier molecular flexibility index (Phi) is 5.89. The first kappa shape index (κ1) is 20.5. The minimum atomic E-state index is -0.287. The molecule has 0 atom stereocenters. The van der Waals surface area contributed by atoms with Crippen LogP contribution < -0.4 is 10.2 Å². The van der Waals surface area contributed by atoms with Gasteiger partial charge in [-0.15, -0.1) is 0 Å². The highest BCUT2D eigenvalue weighted by Crippen LogP contribution is 2.30. The van der Waals surface area contributed by atoms with E-state index in [1.54, 1.807) is 12.3 Å². The van der Waals surface area contributed by atoms with Gasteiger partial charge in [-0.3, -0.25) is 14.5 Å². The Hall–Kier alpha value is -3.80. The van der Waals surface area contributed by atoms with Crippen molar-refractivity contribution >= 4 is 34.7 Å². The first-order chi connectivity index (χ1) is 15.0. The van der Waals surface area contributed by atoms with E-state index in [1.807, 2.05) is 61.5 Å². The second-order valence-corrected chi connectivity index (χ2v) is 7.53. The molecular formula is C25H24N4O2. The van der Waals surface area contributed by atoms with E-state index >= 15 is 0 Å². The van der Waals surface area contributed by atoms with Gasteiger partial charge >= 0.3 is 0 Å². The zero-order valence-electron chi connectivity index (χ0n) is 17.6. The molecule has 0 fully saturated rings. The number of amides is 2. The Balaban J connectivity index is 1.59. The zero-order chi connectivity index (χ0) is 21.8. The number of aliphatic imine (C=N–C) groups is 1. The summed E-state index contributed by atoms with van der Waals surface area (Å²) in [5, 5.41) is 2.85. The van der Waals surface area contributed by atoms with Gasteiger partial charge in [0.1, 0.15) is 12.2 Å². The molecule has 0 saturated heterocycles. The summed E-state index contributed by atoms with van der Waals surface area (Å²) >= 11 is 0. The molecule has 0 radical (unpaired) electrons. The average Bonchev–Trinajstić information content (AvgIpc) is 2.92. The zero-order valence-corrected chi connectivity index (χ0v) is 17.6. The molecule has 3 aromatic rings. The number of nitrogens with zero attached hydrogens (tertiary/aromatic N) is 3. The van der Waals surface area contributed by atoms with Gasteiger partial charge in [-0.25, -0.2) is 9.98 Å². The predicted molar refractivity (Wildman–Crippen MR) is 123 cm³/mol. The fraction of sp³-hybridized carbons (Fsp3) is 0.200. The number of rotatable bonds is 5. The molecule has 0 unspecified atom stereocenters. The van der Waals surface area contributed by atoms with Crippen molar-refractivity contribution in [2.45, 2.75) is 26.7 Å². The highest BCUT2D eigenvalue weighted by atomic mass is 16.2. The molecule has 0 saturated carbocycles. The van der Waals surface area contributed by atoms with E-state index in [9.17, 15) is 9.59 Å². The maximum Gasteiger partial charge on any atom is 0.244 e. The maximum absolute atomic E-state index is 13.1. The third-order valence-corrected chi connectivity index (χ3v) is 5.23. The summed E-state index contributed by atoms with van der Waals surface area (Å²) in [6.45, 7) is 3.95. The van der Waals surface area contributed by atoms with E-state index in [0.29, 0.717) is 22.9 Å². The van der Waals surface area contributed by atoms with E-state index in [2.05, 4.69) is 17.2 Å². The molecule has 31 heavy (non-hydrogen) atoms. The first-order valence-electron chi connectivity index (χ1n) is 10.3. The smallest absolute Gasteiger partial charge is 0.244 e. The number of carbonyl (C=O) groups excluding carboxylic acids is 2. The Bertz CT molecular complexity index is 1130. The Morgan fingerprint density at radius 1 is 1.06 bits per heavy atom. The van der Waals surface area contributed by atoms with Crippen LogP contribution in [0.2, 0.25) is 0 Å². The number of fused-ring (bicyclic) bond motifs is 1. The van der Waals surface area contributed by atoms with Gasteiger partial charge in [0.15, 0.2) is 5.82 Å². The van der Waals surface area contributed by atoms with Crippen LogP contribution in [0.4, 0.5) is 17.2 Å². The molecule has 6 heteroatoms. The Labute approximate surface area is 181 Å². The number of aryl methyl sites for hydroxylation is 2. The second kappa shape index (κ2) is 8.92. The largest absolute Gasteiger partial charge is 0.325 e. The van der Waals surface area contributed by atoms with Crippen LogP contribution in [0.3, 0.4) is 0 Å². The van der Waals surface area contributed by atoms with Gasteiger partial charge in [0.05, 0.1) is 12.1 Å². The van der Waals surface area contributed by atoms with E-state index in [0.717, 1.165) is 17.5 Å². The summed E-state index contributed by atoms with van der Waals surface area (Å²) in [6.07, 6.45) is 2.65. The highest BCUT2D eigenvalue weighted by molar-refractivity contribution is 6.18. The topological polar surface area (TPSA) is 74.7 Å². The lowest BCUT2D eigenvalue weighted by Gasteiger charge is -2.20. The number of anilines is 2. The lowest BCUT2D eigenvalue weighted by molar-refractivity contribution is -0.120. The molecule has 1 aliphatic heterocycles. The highest BCUT2D eigenvalue weighted by Gasteiger charge is 2.27. The number of hydrogen-bond acceptors (Lipinski definition) is 4. The molecule has 0 bridgehead atoms. The summed E-state index contributed by atoms with van der Waals surface area (Å²) in [5.74, 6) is -0.105. The third kappa shape index (κ3) is 4.69. The molecule has 0 aliphatic carbocycles. The number of carbonyl (C=O) groups is 2. The fourth-order valence-electron chi connectivity index (χ4n) is 3.47. The molecule has 6 nitrogen and oxygen atoms in total. The molecule has 1 N–H and O–H groups in total. The summed E-state index contributed by atoms with van der Waals surface area (Å²) in [6, 6.07) is 19.2. The van der Waals surface area contributed by atoms with Crippen LogP contribution in [0.15, 0.2) is 71.9 Å². The molecular weight excluding hydrogens is 388 g/mol. The average molecular weight is 412 g/mol. The summed E-state index contributed by atoms with van der Waals surface area (Å²) in [7, 11) is 0. The molecule has 2 aromatic carbocycles. The van der Waals surface area contributed by atoms with Gasteiger partial charge in [0.25, 0.3) is 0 Å². The van der Waals surface area contributed by atoms with Crippen LogP contribution in [-0.2, 0) is 16.0 Å². The van der Waals surface area contributed by atoms with Crippen molar-refractivity contribution in [3.63, 3.8) is 0 Å². The number of pyridine rings is 1. The van der Waals surface area contributed by atoms with Crippen molar-refractivity contribution in [1.29, 1.82) is 0 Å². The molecule has 1 aliphatic rings. The molecule has 156 valence electrons. The first-order valence-corrected chi connectivity index (χ1v) is 10.3. The predicted octanol–water partition coefficient (Wildman–Crippen LogP) is 4.45. The monoisotopic (exact) mass is 412 g/mol. The van der Waals surface area contributed by atoms with Crippen LogP contribution in [0.1, 0.15) is 30.0 Å². The van der Waals surface area contributed by atoms with Crippen molar-refractivity contribution in [1.82, 2.24) is 4.98 Å². The molecule has 0 spiro atoms. The van der Waals surface area contributed by atoms with Crippen LogP contribution in [0, 0.1) is 6.92 Å². The van der Waals surface area contributed by atoms with Gasteiger partial charge in [-0.05, 0) is 48.7 Å². The van der Waals surface area contributed by atoms with Crippen LogP contribution >= 0.6 is 0 Å². The number of benzene rings is 2. The summed E-state index contributed by atoms with van der Waals surface area (Å²) in [4.78, 5) is 36.3. The van der Waals surface area contributed by atoms with Gasteiger partial charge in [-0.1, -0.05) is 48.9 Å². The maximum atomic E-state index is 13.1. The standard InChI is InChI=1S/C25H24N4O2/c1-3-18-8-10-19(11-9-18)22-15-24(31)29(25-21(28-22)5-4-14-26-25)16-23(30)27-20-12-6-17(2)7-13-20/h4-14H,3,15-16H2,1-2H3,(H,27,30). The third-order valence-electron chi connectivity index (χ3n) is 5.23. The van der Waals surface area contributed by atoms with Crippen LogP contribution in [0.5, 0.6) is 0 Å². The van der Waals surface area contributed by atoms with Crippen molar-refractivity contribution in [3.8, 4) is 0 Å². The van der Waals surface area contributed by atoms with Gasteiger partial charge in [-0.2, -0.15) is 0 Å². The minimum absolute atomic E-state index is 0.0969. The number of aromatic nitrogens is 1. The van der Waals surface area contributed by atoms with E-state index in [1.165, 1.54) is 10.5 Å². The van der Waals surface area contributed by atoms with E-state index in [4.69, 9.17) is 4.99 Å². The SMILES string of the molecule is CCc1ccc(C2=Nc3cccnc3N(CC(=O)Nc3ccc(C)cc3)C(=O)C2)cc1. The Morgan fingerprint density at radius 3 is 2.52 bits per heavy atom. The Morgan fingerprint density at radius 2 is 1.81 bits per heavy atom. The van der Waals surface area contributed by atoms with Gasteiger partial charge in [0, 0.05) is 11.9 Å². The molecule has 4 rings (SSSR count). The second-order valence-electron chi connectivity index (χ2n) is 7.53. The quantitative estimate of drug-likeness (QED) is 0.673. The fourth-order valence-corrected chi connectivity index (χ4v) is 3.47. The summed E-state index contributed by atoms with van der Waals surface area (Å²) < 4.78 is 0. The van der Waals surface area contributed by atoms with E-state index in [-0.39, 0.29) is 24.8 Å². The molecule has 2 heterocycles. The van der Waals surface area contributed by atoms with Crippen molar-refractivity contribution in [3.05, 3.63) is 83.6 Å². The summed E-state index contributed by atoms with van der Waals surface area (Å²) in [5.41, 5.74) is 5.16. The lowest BCUT2D eigenvalue weighted by Crippen LogP contribution is -2.38. The van der Waals surface area contributed by atoms with Crippen molar-refractivity contribution in [2.75, 3.05) is 16.8 Å². The number of hydrogen-bond donors (Lipinski definition) is 1. The number of nitrogens with one attached hydrogen (secondary N) is 1. The normalized spacial score (nSPS) is 13.3. The van der Waals surface area contributed by atoms with Gasteiger partial charge in [0.2, 0.25) is 11.8 Å². The minimum Gasteiger partial charge on any atom is -0.325 e. The van der Waals surface area contributed by atoms with Crippen molar-refractivity contribution in [2.24, 2.45) is 4.99 Å². The van der Waals surface area contributed by atoms with Crippen LogP contribution in [-0.4, -0.2) is 29.1 Å². The van der Waals surface area contributed by atoms with Crippen LogP contribution in [0.25, 0.3) is 0 Å². The molecule has 2 amide bonds. The molecule has 1 aromatic heterocycles. The van der Waals surface area contributed by atoms with E-state index < -0.39 is 0 Å².